The molecule has 0 spiro atoms. The van der Waals surface area contributed by atoms with Crippen molar-refractivity contribution in [3.8, 4) is 11.8 Å². The number of aryl methyl sites for hydroxylation is 1. The largest absolute Gasteiger partial charge is 0.458 e. The molecule has 2 aromatic rings. The molecule has 1 aromatic carbocycles. The van der Waals surface area contributed by atoms with Crippen LogP contribution in [0.3, 0.4) is 0 Å². The molecule has 0 radical (unpaired) electrons. The first kappa shape index (κ1) is 20.4. The van der Waals surface area contributed by atoms with E-state index in [1.54, 1.807) is 18.5 Å². The van der Waals surface area contributed by atoms with Crippen molar-refractivity contribution >= 4 is 23.5 Å². The Bertz CT molecular complexity index is 1050. The molecule has 1 aliphatic rings. The highest BCUT2D eigenvalue weighted by Crippen LogP contribution is 2.44. The zero-order valence-electron chi connectivity index (χ0n) is 16.0. The van der Waals surface area contributed by atoms with Crippen LogP contribution in [0.5, 0.6) is 0 Å². The van der Waals surface area contributed by atoms with Crippen molar-refractivity contribution in [2.75, 3.05) is 6.61 Å². The minimum atomic E-state index is -1.05. The van der Waals surface area contributed by atoms with Gasteiger partial charge in [0.05, 0.1) is 23.0 Å². The van der Waals surface area contributed by atoms with Crippen LogP contribution in [0.1, 0.15) is 24.1 Å². The van der Waals surface area contributed by atoms with Crippen molar-refractivity contribution in [2.24, 2.45) is 5.92 Å². The van der Waals surface area contributed by atoms with Crippen LogP contribution in [0.2, 0.25) is 5.15 Å². The molecule has 1 aliphatic heterocycles. The number of aromatic nitrogens is 2. The fraction of sp³-hybridized carbons (Fsp3) is 0.238. The van der Waals surface area contributed by atoms with Crippen molar-refractivity contribution in [1.29, 1.82) is 10.7 Å². The Balaban J connectivity index is 2.20. The number of carbonyl (C=O) groups excluding carboxylic acids is 1. The van der Waals surface area contributed by atoms with E-state index in [2.05, 4.69) is 17.7 Å². The van der Waals surface area contributed by atoms with Gasteiger partial charge in [0.15, 0.2) is 0 Å². The smallest absolute Gasteiger partial charge is 0.338 e. The first-order chi connectivity index (χ1) is 13.9. The second kappa shape index (κ2) is 8.33. The zero-order valence-corrected chi connectivity index (χ0v) is 16.7. The van der Waals surface area contributed by atoms with E-state index in [4.69, 9.17) is 26.5 Å². The Morgan fingerprint density at radius 1 is 1.45 bits per heavy atom. The first-order valence-corrected chi connectivity index (χ1v) is 9.23. The number of para-hydroxylation sites is 1. The molecule has 2 atom stereocenters. The van der Waals surface area contributed by atoms with Gasteiger partial charge in [0.2, 0.25) is 5.90 Å². The van der Waals surface area contributed by atoms with E-state index in [-0.39, 0.29) is 29.0 Å². The molecular formula is C21H19ClN4O3. The van der Waals surface area contributed by atoms with Gasteiger partial charge in [0, 0.05) is 11.5 Å². The van der Waals surface area contributed by atoms with Crippen LogP contribution in [0.4, 0.5) is 0 Å². The summed E-state index contributed by atoms with van der Waals surface area (Å²) in [7, 11) is 0. The summed E-state index contributed by atoms with van der Waals surface area (Å²) < 4.78 is 12.1. The molecule has 2 unspecified atom stereocenters. The number of halogens is 1. The van der Waals surface area contributed by atoms with Gasteiger partial charge >= 0.3 is 5.97 Å². The summed E-state index contributed by atoms with van der Waals surface area (Å²) in [5.74, 6) is -2.59. The van der Waals surface area contributed by atoms with Gasteiger partial charge in [-0.05, 0) is 26.0 Å². The number of ether oxygens (including phenoxy) is 2. The maximum Gasteiger partial charge on any atom is 0.338 e. The van der Waals surface area contributed by atoms with E-state index in [1.165, 1.54) is 6.08 Å². The van der Waals surface area contributed by atoms with Crippen molar-refractivity contribution in [3.05, 3.63) is 70.7 Å². The Morgan fingerprint density at radius 3 is 2.76 bits per heavy atom. The fourth-order valence-electron chi connectivity index (χ4n) is 3.35. The molecule has 0 saturated heterocycles. The van der Waals surface area contributed by atoms with Gasteiger partial charge in [0.25, 0.3) is 0 Å². The van der Waals surface area contributed by atoms with Gasteiger partial charge in [-0.25, -0.2) is 9.48 Å². The van der Waals surface area contributed by atoms with E-state index in [0.717, 1.165) is 5.69 Å². The number of nitriles is 1. The molecule has 0 saturated carbocycles. The summed E-state index contributed by atoms with van der Waals surface area (Å²) in [4.78, 5) is 12.8. The Labute approximate surface area is 173 Å². The SMILES string of the molecule is C=CCOC(=O)C1=C(C)OC(=N)C(C#N)C1c1c(C)nn(-c2ccccc2)c1Cl. The van der Waals surface area contributed by atoms with Gasteiger partial charge in [-0.3, -0.25) is 5.41 Å². The van der Waals surface area contributed by atoms with E-state index >= 15 is 0 Å². The number of rotatable bonds is 5. The van der Waals surface area contributed by atoms with Gasteiger partial charge in [-0.2, -0.15) is 10.4 Å². The highest BCUT2D eigenvalue weighted by atomic mass is 35.5. The lowest BCUT2D eigenvalue weighted by molar-refractivity contribution is -0.138. The summed E-state index contributed by atoms with van der Waals surface area (Å²) in [6.07, 6.45) is 1.45. The summed E-state index contributed by atoms with van der Waals surface area (Å²) in [5, 5.41) is 22.6. The fourth-order valence-corrected chi connectivity index (χ4v) is 3.74. The second-order valence-corrected chi connectivity index (χ2v) is 6.80. The highest BCUT2D eigenvalue weighted by molar-refractivity contribution is 6.31. The quantitative estimate of drug-likeness (QED) is 0.591. The molecule has 8 heteroatoms. The van der Waals surface area contributed by atoms with Crippen LogP contribution in [0, 0.1) is 29.6 Å². The third-order valence-electron chi connectivity index (χ3n) is 4.62. The molecule has 1 aromatic heterocycles. The maximum atomic E-state index is 12.8. The van der Waals surface area contributed by atoms with Crippen LogP contribution >= 0.6 is 11.6 Å². The van der Waals surface area contributed by atoms with Crippen molar-refractivity contribution in [2.45, 2.75) is 19.8 Å². The molecule has 0 aliphatic carbocycles. The number of benzene rings is 1. The average molecular weight is 411 g/mol. The third-order valence-corrected chi connectivity index (χ3v) is 4.98. The zero-order chi connectivity index (χ0) is 21.1. The van der Waals surface area contributed by atoms with Crippen LogP contribution in [0.15, 0.2) is 54.3 Å². The standard InChI is InChI=1S/C21H19ClN4O3/c1-4-10-28-21(27)17-13(3)29-20(24)15(11-23)18(17)16-12(2)25-26(19(16)22)14-8-6-5-7-9-14/h4-9,15,18,24H,1,10H2,2-3H3. The Kier molecular flexibility index (Phi) is 5.85. The second-order valence-electron chi connectivity index (χ2n) is 6.45. The topological polar surface area (TPSA) is 101 Å². The number of nitrogens with zero attached hydrogens (tertiary/aromatic N) is 3. The molecule has 0 fully saturated rings. The summed E-state index contributed by atoms with van der Waals surface area (Å²) in [6, 6.07) is 11.3. The van der Waals surface area contributed by atoms with E-state index in [9.17, 15) is 10.1 Å². The highest BCUT2D eigenvalue weighted by Gasteiger charge is 2.44. The lowest BCUT2D eigenvalue weighted by atomic mass is 9.79. The third kappa shape index (κ3) is 3.67. The molecule has 0 bridgehead atoms. The number of hydrogen-bond acceptors (Lipinski definition) is 6. The van der Waals surface area contributed by atoms with E-state index < -0.39 is 17.8 Å². The predicted octanol–water partition coefficient (Wildman–Crippen LogP) is 4.07. The van der Waals surface area contributed by atoms with Gasteiger partial charge in [0.1, 0.15) is 23.4 Å². The molecular weight excluding hydrogens is 392 g/mol. The van der Waals surface area contributed by atoms with E-state index in [0.29, 0.717) is 11.3 Å². The lowest BCUT2D eigenvalue weighted by Gasteiger charge is -2.30. The average Bonchev–Trinajstić information content (AvgIpc) is 3.00. The van der Waals surface area contributed by atoms with Crippen LogP contribution in [0.25, 0.3) is 5.69 Å². The van der Waals surface area contributed by atoms with Crippen LogP contribution < -0.4 is 0 Å². The van der Waals surface area contributed by atoms with Crippen LogP contribution in [-0.2, 0) is 14.3 Å². The molecule has 0 amide bonds. The van der Waals surface area contributed by atoms with Crippen molar-refractivity contribution in [3.63, 3.8) is 0 Å². The Morgan fingerprint density at radius 2 is 2.14 bits per heavy atom. The molecule has 148 valence electrons. The normalized spacial score (nSPS) is 18.8. The molecule has 1 N–H and O–H groups in total. The molecule has 29 heavy (non-hydrogen) atoms. The maximum absolute atomic E-state index is 12.8. The minimum Gasteiger partial charge on any atom is -0.458 e. The molecule has 2 heterocycles. The summed E-state index contributed by atoms with van der Waals surface area (Å²) in [6.45, 7) is 6.85. The Hall–Kier alpha value is -3.37. The van der Waals surface area contributed by atoms with Crippen molar-refractivity contribution in [1.82, 2.24) is 9.78 Å². The number of carbonyl (C=O) groups is 1. The van der Waals surface area contributed by atoms with Gasteiger partial charge < -0.3 is 9.47 Å². The summed E-state index contributed by atoms with van der Waals surface area (Å²) in [5.41, 5.74) is 1.91. The number of allylic oxidation sites excluding steroid dienone is 1. The minimum absolute atomic E-state index is 0.00694. The van der Waals surface area contributed by atoms with Gasteiger partial charge in [-0.1, -0.05) is 42.5 Å². The monoisotopic (exact) mass is 410 g/mol. The van der Waals surface area contributed by atoms with Crippen LogP contribution in [-0.4, -0.2) is 28.3 Å². The van der Waals surface area contributed by atoms with E-state index in [1.807, 2.05) is 30.3 Å². The molecule has 7 nitrogen and oxygen atoms in total. The summed E-state index contributed by atoms with van der Waals surface area (Å²) >= 11 is 6.68. The number of nitrogens with one attached hydrogen (secondary N) is 1. The number of esters is 1. The predicted molar refractivity (Wildman–Crippen MR) is 108 cm³/mol. The molecule has 3 rings (SSSR count). The first-order valence-electron chi connectivity index (χ1n) is 8.85. The number of hydrogen-bond donors (Lipinski definition) is 1. The van der Waals surface area contributed by atoms with Crippen molar-refractivity contribution < 1.29 is 14.3 Å². The lowest BCUT2D eigenvalue weighted by Crippen LogP contribution is -2.33. The van der Waals surface area contributed by atoms with Gasteiger partial charge in [-0.15, -0.1) is 0 Å².